The average Bonchev–Trinajstić information content (AvgIpc) is 2.60. The Bertz CT molecular complexity index is 754. The molecular weight excluding hydrogens is 367 g/mol. The van der Waals surface area contributed by atoms with E-state index in [2.05, 4.69) is 11.1 Å². The van der Waals surface area contributed by atoms with Crippen molar-refractivity contribution in [3.63, 3.8) is 0 Å². The predicted molar refractivity (Wildman–Crippen MR) is 91.3 cm³/mol. The van der Waals surface area contributed by atoms with Crippen molar-refractivity contribution < 1.29 is 37.1 Å². The molecule has 0 bridgehead atoms. The van der Waals surface area contributed by atoms with Crippen molar-refractivity contribution in [2.75, 3.05) is 21.3 Å². The molecule has 0 aliphatic carbocycles. The monoisotopic (exact) mass is 386 g/mol. The number of amides is 1. The van der Waals surface area contributed by atoms with Crippen LogP contribution in [0.2, 0.25) is 5.02 Å². The van der Waals surface area contributed by atoms with Crippen molar-refractivity contribution in [2.24, 2.45) is 0 Å². The van der Waals surface area contributed by atoms with Crippen LogP contribution >= 0.6 is 11.6 Å². The zero-order valence-electron chi connectivity index (χ0n) is 14.2. The Labute approximate surface area is 157 Å². The van der Waals surface area contributed by atoms with E-state index in [9.17, 15) is 4.79 Å². The summed E-state index contributed by atoms with van der Waals surface area (Å²) in [4.78, 5) is 12.4. The number of carbonyl (C=O) groups is 1. The second kappa shape index (κ2) is 9.36. The molecule has 0 aromatic heterocycles. The molecule has 0 saturated carbocycles. The van der Waals surface area contributed by atoms with Gasteiger partial charge in [-0.05, 0) is 24.3 Å². The fraction of sp³-hybridized carbons (Fsp3) is 0.235. The summed E-state index contributed by atoms with van der Waals surface area (Å²) >= 11 is 5.94. The van der Waals surface area contributed by atoms with Gasteiger partial charge in [-0.25, -0.2) is 0 Å². The fourth-order valence-corrected chi connectivity index (χ4v) is 2.51. The summed E-state index contributed by atoms with van der Waals surface area (Å²) < 4.78 is 16.0. The number of ether oxygens (including phenoxy) is 3. The first-order valence-electron chi connectivity index (χ1n) is 7.19. The van der Waals surface area contributed by atoms with Crippen molar-refractivity contribution in [3.05, 3.63) is 46.5 Å². The first-order valence-corrected chi connectivity index (χ1v) is 7.57. The molecule has 2 aromatic carbocycles. The normalized spacial score (nSPS) is 9.80. The smallest absolute Gasteiger partial charge is 0.257 e. The number of hydrogen-bond acceptors (Lipinski definition) is 4. The van der Waals surface area contributed by atoms with Crippen LogP contribution in [-0.2, 0) is 6.54 Å². The van der Waals surface area contributed by atoms with Crippen LogP contribution in [0, 0.1) is 0 Å². The number of methoxy groups -OCH3 is 3. The van der Waals surface area contributed by atoms with Crippen LogP contribution in [0.5, 0.6) is 17.2 Å². The SMILES string of the molecule is COc1ccc(CNC(=O)c2cc(Cl)ccc2[NH3+])c(OC)c1OC.[Cl-]. The van der Waals surface area contributed by atoms with Crippen LogP contribution in [0.4, 0.5) is 5.69 Å². The lowest BCUT2D eigenvalue weighted by Gasteiger charge is -2.16. The first-order chi connectivity index (χ1) is 11.5. The standard InChI is InChI=1S/C17H19ClN2O4.ClH/c1-22-14-7-4-10(15(23-2)16(14)24-3)9-20-17(21)12-8-11(18)5-6-13(12)19;/h4-8H,9,19H2,1-3H3,(H,20,21);1H. The minimum absolute atomic E-state index is 0. The minimum atomic E-state index is -0.265. The second-order valence-electron chi connectivity index (χ2n) is 4.98. The van der Waals surface area contributed by atoms with E-state index >= 15 is 0 Å². The summed E-state index contributed by atoms with van der Waals surface area (Å²) in [6.07, 6.45) is 0. The minimum Gasteiger partial charge on any atom is -1.00 e. The van der Waals surface area contributed by atoms with Crippen molar-refractivity contribution in [2.45, 2.75) is 6.54 Å². The topological polar surface area (TPSA) is 84.4 Å². The third-order valence-electron chi connectivity index (χ3n) is 3.54. The van der Waals surface area contributed by atoms with Crippen LogP contribution in [0.1, 0.15) is 15.9 Å². The van der Waals surface area contributed by atoms with E-state index in [4.69, 9.17) is 25.8 Å². The molecule has 6 nitrogen and oxygen atoms in total. The van der Waals surface area contributed by atoms with E-state index in [-0.39, 0.29) is 24.9 Å². The highest BCUT2D eigenvalue weighted by Crippen LogP contribution is 2.39. The van der Waals surface area contributed by atoms with Gasteiger partial charge in [-0.2, -0.15) is 0 Å². The Morgan fingerprint density at radius 3 is 2.36 bits per heavy atom. The molecule has 0 aliphatic heterocycles. The molecule has 1 amide bonds. The van der Waals surface area contributed by atoms with Crippen molar-refractivity contribution in [1.82, 2.24) is 5.32 Å². The van der Waals surface area contributed by atoms with Gasteiger partial charge in [-0.1, -0.05) is 11.6 Å². The molecular formula is C17H20Cl2N2O4. The van der Waals surface area contributed by atoms with E-state index in [1.807, 2.05) is 6.07 Å². The molecule has 2 aromatic rings. The van der Waals surface area contributed by atoms with Gasteiger partial charge in [0.1, 0.15) is 11.3 Å². The van der Waals surface area contributed by atoms with E-state index in [0.717, 1.165) is 5.56 Å². The first kappa shape index (κ1) is 20.9. The number of benzene rings is 2. The highest BCUT2D eigenvalue weighted by Gasteiger charge is 2.18. The van der Waals surface area contributed by atoms with Gasteiger partial charge in [0.15, 0.2) is 11.5 Å². The highest BCUT2D eigenvalue weighted by molar-refractivity contribution is 6.31. The highest BCUT2D eigenvalue weighted by atomic mass is 35.5. The number of carbonyl (C=O) groups excluding carboxylic acids is 1. The molecule has 8 heteroatoms. The molecule has 4 N–H and O–H groups in total. The number of rotatable bonds is 6. The molecule has 0 aliphatic rings. The van der Waals surface area contributed by atoms with Crippen molar-refractivity contribution in [3.8, 4) is 17.2 Å². The van der Waals surface area contributed by atoms with Crippen LogP contribution in [0.25, 0.3) is 0 Å². The molecule has 0 spiro atoms. The lowest BCUT2D eigenvalue weighted by molar-refractivity contribution is -0.255. The molecule has 2 rings (SSSR count). The molecule has 25 heavy (non-hydrogen) atoms. The Hall–Kier alpha value is -2.15. The van der Waals surface area contributed by atoms with Crippen LogP contribution in [0.3, 0.4) is 0 Å². The van der Waals surface area contributed by atoms with E-state index in [1.165, 1.54) is 14.2 Å². The van der Waals surface area contributed by atoms with Gasteiger partial charge in [0.05, 0.1) is 21.3 Å². The van der Waals surface area contributed by atoms with E-state index < -0.39 is 0 Å². The van der Waals surface area contributed by atoms with Crippen LogP contribution < -0.4 is 37.7 Å². The number of halogens is 2. The zero-order valence-corrected chi connectivity index (χ0v) is 15.7. The third-order valence-corrected chi connectivity index (χ3v) is 3.78. The quantitative estimate of drug-likeness (QED) is 0.678. The maximum atomic E-state index is 12.4. The maximum Gasteiger partial charge on any atom is 0.257 e. The van der Waals surface area contributed by atoms with Crippen molar-refractivity contribution in [1.29, 1.82) is 0 Å². The fourth-order valence-electron chi connectivity index (χ4n) is 2.33. The van der Waals surface area contributed by atoms with Crippen molar-refractivity contribution >= 4 is 23.2 Å². The third kappa shape index (κ3) is 4.69. The Morgan fingerprint density at radius 2 is 1.76 bits per heavy atom. The number of hydrogen-bond donors (Lipinski definition) is 2. The summed E-state index contributed by atoms with van der Waals surface area (Å²) in [5.41, 5.74) is 5.64. The molecule has 0 radical (unpaired) electrons. The van der Waals surface area contributed by atoms with Crippen LogP contribution in [-0.4, -0.2) is 27.2 Å². The number of quaternary nitrogens is 1. The lowest BCUT2D eigenvalue weighted by Crippen LogP contribution is -3.00. The summed E-state index contributed by atoms with van der Waals surface area (Å²) in [7, 11) is 4.62. The number of nitrogens with one attached hydrogen (secondary N) is 1. The van der Waals surface area contributed by atoms with Gasteiger partial charge < -0.3 is 37.7 Å². The molecule has 0 saturated heterocycles. The Kier molecular flexibility index (Phi) is 7.83. The van der Waals surface area contributed by atoms with E-state index in [1.54, 1.807) is 31.4 Å². The molecule has 136 valence electrons. The summed E-state index contributed by atoms with van der Waals surface area (Å²) in [5.74, 6) is 1.28. The van der Waals surface area contributed by atoms with Gasteiger partial charge in [-0.15, -0.1) is 0 Å². The molecule has 0 fully saturated rings. The second-order valence-corrected chi connectivity index (χ2v) is 5.41. The van der Waals surface area contributed by atoms with Gasteiger partial charge in [0.2, 0.25) is 5.75 Å². The average molecular weight is 387 g/mol. The molecule has 0 heterocycles. The van der Waals surface area contributed by atoms with Crippen LogP contribution in [0.15, 0.2) is 30.3 Å². The molecule has 0 atom stereocenters. The molecule has 0 unspecified atom stereocenters. The maximum absolute atomic E-state index is 12.4. The van der Waals surface area contributed by atoms with Gasteiger partial charge in [0.25, 0.3) is 5.91 Å². The van der Waals surface area contributed by atoms with Gasteiger partial charge in [0, 0.05) is 23.2 Å². The predicted octanol–water partition coefficient (Wildman–Crippen LogP) is -0.827. The summed E-state index contributed by atoms with van der Waals surface area (Å²) in [6.45, 7) is 0.258. The summed E-state index contributed by atoms with van der Waals surface area (Å²) in [5, 5.41) is 3.32. The Balaban J connectivity index is 0.00000312. The lowest BCUT2D eigenvalue weighted by atomic mass is 10.1. The van der Waals surface area contributed by atoms with E-state index in [0.29, 0.717) is 33.5 Å². The largest absolute Gasteiger partial charge is 1.00 e. The van der Waals surface area contributed by atoms with Gasteiger partial charge >= 0.3 is 0 Å². The summed E-state index contributed by atoms with van der Waals surface area (Å²) in [6, 6.07) is 8.55. The van der Waals surface area contributed by atoms with Gasteiger partial charge in [-0.3, -0.25) is 4.79 Å². The Morgan fingerprint density at radius 1 is 1.08 bits per heavy atom. The zero-order chi connectivity index (χ0) is 17.7.